The summed E-state index contributed by atoms with van der Waals surface area (Å²) in [5.41, 5.74) is 6.44. The number of benzene rings is 1. The SMILES string of the molecule is Cn1cc(NC(=O)c2cc(Cl)c(N)c(Cl)c2)ccc1=O. The minimum Gasteiger partial charge on any atom is -0.396 e. The van der Waals surface area contributed by atoms with Crippen molar-refractivity contribution in [2.45, 2.75) is 0 Å². The number of carbonyl (C=O) groups excluding carboxylic acids is 1. The summed E-state index contributed by atoms with van der Waals surface area (Å²) in [5, 5.41) is 3.07. The topological polar surface area (TPSA) is 77.1 Å². The molecule has 3 N–H and O–H groups in total. The average Bonchev–Trinajstić information content (AvgIpc) is 2.39. The molecular formula is C13H11Cl2N3O2. The lowest BCUT2D eigenvalue weighted by molar-refractivity contribution is 0.102. The number of pyridine rings is 1. The van der Waals surface area contributed by atoms with Crippen LogP contribution in [0.3, 0.4) is 0 Å². The highest BCUT2D eigenvalue weighted by Gasteiger charge is 2.11. The van der Waals surface area contributed by atoms with E-state index in [0.717, 1.165) is 0 Å². The van der Waals surface area contributed by atoms with Gasteiger partial charge in [-0.05, 0) is 18.2 Å². The van der Waals surface area contributed by atoms with Crippen molar-refractivity contribution in [3.63, 3.8) is 0 Å². The molecule has 0 aliphatic carbocycles. The minimum absolute atomic E-state index is 0.165. The first-order valence-corrected chi connectivity index (χ1v) is 6.36. The maximum atomic E-state index is 12.1. The van der Waals surface area contributed by atoms with E-state index in [1.54, 1.807) is 7.05 Å². The monoisotopic (exact) mass is 311 g/mol. The summed E-state index contributed by atoms with van der Waals surface area (Å²) in [5.74, 6) is -0.396. The van der Waals surface area contributed by atoms with Gasteiger partial charge >= 0.3 is 0 Å². The zero-order valence-electron chi connectivity index (χ0n) is 10.5. The van der Waals surface area contributed by atoms with Gasteiger partial charge in [-0.2, -0.15) is 0 Å². The molecule has 0 atom stereocenters. The number of rotatable bonds is 2. The van der Waals surface area contributed by atoms with Gasteiger partial charge in [-0.1, -0.05) is 23.2 Å². The Morgan fingerprint density at radius 2 is 1.85 bits per heavy atom. The molecular weight excluding hydrogens is 301 g/mol. The number of nitrogens with zero attached hydrogens (tertiary/aromatic N) is 1. The van der Waals surface area contributed by atoms with E-state index in [1.165, 1.54) is 35.0 Å². The summed E-state index contributed by atoms with van der Waals surface area (Å²) in [6.45, 7) is 0. The van der Waals surface area contributed by atoms with Gasteiger partial charge in [0.25, 0.3) is 5.91 Å². The highest BCUT2D eigenvalue weighted by Crippen LogP contribution is 2.29. The fourth-order valence-electron chi connectivity index (χ4n) is 1.59. The van der Waals surface area contributed by atoms with E-state index in [2.05, 4.69) is 5.32 Å². The molecule has 0 bridgehead atoms. The second-order valence-corrected chi connectivity index (χ2v) is 4.99. The van der Waals surface area contributed by atoms with Crippen molar-refractivity contribution in [2.24, 2.45) is 7.05 Å². The molecule has 0 unspecified atom stereocenters. The van der Waals surface area contributed by atoms with Gasteiger partial charge in [-0.3, -0.25) is 9.59 Å². The van der Waals surface area contributed by atoms with Crippen LogP contribution in [0.25, 0.3) is 0 Å². The van der Waals surface area contributed by atoms with Crippen molar-refractivity contribution < 1.29 is 4.79 Å². The number of nitrogens with one attached hydrogen (secondary N) is 1. The van der Waals surface area contributed by atoms with Gasteiger partial charge in [-0.15, -0.1) is 0 Å². The molecule has 1 aromatic carbocycles. The molecule has 0 fully saturated rings. The second kappa shape index (κ2) is 5.56. The molecule has 7 heteroatoms. The first kappa shape index (κ1) is 14.4. The third kappa shape index (κ3) is 2.95. The third-order valence-electron chi connectivity index (χ3n) is 2.68. The van der Waals surface area contributed by atoms with Crippen LogP contribution in [0, 0.1) is 0 Å². The van der Waals surface area contributed by atoms with Gasteiger partial charge < -0.3 is 15.6 Å². The van der Waals surface area contributed by atoms with Crippen LogP contribution in [0.2, 0.25) is 10.0 Å². The molecule has 0 spiro atoms. The van der Waals surface area contributed by atoms with Gasteiger partial charge in [0.05, 0.1) is 21.4 Å². The lowest BCUT2D eigenvalue weighted by atomic mass is 10.2. The molecule has 0 aliphatic rings. The molecule has 0 saturated carbocycles. The number of halogens is 2. The summed E-state index contributed by atoms with van der Waals surface area (Å²) in [6.07, 6.45) is 1.51. The molecule has 0 aliphatic heterocycles. The van der Waals surface area contributed by atoms with Gasteiger partial charge in [0.2, 0.25) is 5.56 Å². The largest absolute Gasteiger partial charge is 0.396 e. The van der Waals surface area contributed by atoms with Crippen LogP contribution in [0.5, 0.6) is 0 Å². The maximum absolute atomic E-state index is 12.1. The van der Waals surface area contributed by atoms with Gasteiger partial charge in [0, 0.05) is 24.9 Å². The average molecular weight is 312 g/mol. The number of nitrogens with two attached hydrogens (primary N) is 1. The van der Waals surface area contributed by atoms with Crippen LogP contribution in [-0.4, -0.2) is 10.5 Å². The zero-order chi connectivity index (χ0) is 14.9. The molecule has 20 heavy (non-hydrogen) atoms. The van der Waals surface area contributed by atoms with Crippen molar-refractivity contribution in [1.82, 2.24) is 4.57 Å². The predicted molar refractivity (Wildman–Crippen MR) is 80.5 cm³/mol. The zero-order valence-corrected chi connectivity index (χ0v) is 12.0. The fraction of sp³-hybridized carbons (Fsp3) is 0.0769. The van der Waals surface area contributed by atoms with Gasteiger partial charge in [0.15, 0.2) is 0 Å². The fourth-order valence-corrected chi connectivity index (χ4v) is 2.07. The maximum Gasteiger partial charge on any atom is 0.255 e. The van der Waals surface area contributed by atoms with Crippen molar-refractivity contribution in [1.29, 1.82) is 0 Å². The third-order valence-corrected chi connectivity index (χ3v) is 3.31. The Kier molecular flexibility index (Phi) is 4.01. The highest BCUT2D eigenvalue weighted by molar-refractivity contribution is 6.39. The van der Waals surface area contributed by atoms with E-state index in [1.807, 2.05) is 0 Å². The summed E-state index contributed by atoms with van der Waals surface area (Å²) in [6, 6.07) is 5.74. The lowest BCUT2D eigenvalue weighted by Crippen LogP contribution is -2.18. The Hall–Kier alpha value is -1.98. The van der Waals surface area contributed by atoms with Crippen LogP contribution in [0.1, 0.15) is 10.4 Å². The number of amides is 1. The first-order chi connectivity index (χ1) is 9.38. The van der Waals surface area contributed by atoms with Gasteiger partial charge in [-0.25, -0.2) is 0 Å². The Bertz CT molecular complexity index is 718. The number of aryl methyl sites for hydroxylation is 1. The number of anilines is 2. The van der Waals surface area contributed by atoms with Crippen LogP contribution in [0.4, 0.5) is 11.4 Å². The van der Waals surface area contributed by atoms with E-state index in [-0.39, 0.29) is 26.9 Å². The van der Waals surface area contributed by atoms with Crippen molar-refractivity contribution >= 4 is 40.5 Å². The molecule has 0 radical (unpaired) electrons. The van der Waals surface area contributed by atoms with Crippen molar-refractivity contribution in [3.05, 3.63) is 56.4 Å². The Morgan fingerprint density at radius 1 is 1.25 bits per heavy atom. The Labute approximate surface area is 124 Å². The van der Waals surface area contributed by atoms with Crippen LogP contribution in [0.15, 0.2) is 35.3 Å². The highest BCUT2D eigenvalue weighted by atomic mass is 35.5. The van der Waals surface area contributed by atoms with E-state index in [9.17, 15) is 9.59 Å². The molecule has 1 aromatic heterocycles. The molecule has 5 nitrogen and oxygen atoms in total. The van der Waals surface area contributed by atoms with Gasteiger partial charge in [0.1, 0.15) is 0 Å². The van der Waals surface area contributed by atoms with Crippen LogP contribution in [-0.2, 0) is 7.05 Å². The molecule has 2 aromatic rings. The van der Waals surface area contributed by atoms with E-state index < -0.39 is 5.91 Å². The Balaban J connectivity index is 2.28. The molecule has 2 rings (SSSR count). The summed E-state index contributed by atoms with van der Waals surface area (Å²) < 4.78 is 1.36. The number of nitrogen functional groups attached to an aromatic ring is 1. The summed E-state index contributed by atoms with van der Waals surface area (Å²) in [7, 11) is 1.59. The normalized spacial score (nSPS) is 10.3. The molecule has 1 heterocycles. The quantitative estimate of drug-likeness (QED) is 0.837. The van der Waals surface area contributed by atoms with Crippen LogP contribution >= 0.6 is 23.2 Å². The number of hydrogen-bond donors (Lipinski definition) is 2. The van der Waals surface area contributed by atoms with E-state index in [4.69, 9.17) is 28.9 Å². The first-order valence-electron chi connectivity index (χ1n) is 5.61. The number of carbonyl (C=O) groups is 1. The Morgan fingerprint density at radius 3 is 2.40 bits per heavy atom. The second-order valence-electron chi connectivity index (χ2n) is 4.17. The predicted octanol–water partition coefficient (Wildman–Crippen LogP) is 2.53. The molecule has 0 saturated heterocycles. The number of hydrogen-bond acceptors (Lipinski definition) is 3. The lowest BCUT2D eigenvalue weighted by Gasteiger charge is -2.08. The molecule has 1 amide bonds. The summed E-state index contributed by atoms with van der Waals surface area (Å²) in [4.78, 5) is 23.3. The molecule has 104 valence electrons. The van der Waals surface area contributed by atoms with E-state index in [0.29, 0.717) is 5.69 Å². The smallest absolute Gasteiger partial charge is 0.255 e. The standard InChI is InChI=1S/C13H11Cl2N3O2/c1-18-6-8(2-3-11(18)19)17-13(20)7-4-9(14)12(16)10(15)5-7/h2-6H,16H2,1H3,(H,17,20). The number of aromatic nitrogens is 1. The van der Waals surface area contributed by atoms with E-state index >= 15 is 0 Å². The van der Waals surface area contributed by atoms with Crippen LogP contribution < -0.4 is 16.6 Å². The van der Waals surface area contributed by atoms with Crippen molar-refractivity contribution in [3.8, 4) is 0 Å². The minimum atomic E-state index is -0.396. The van der Waals surface area contributed by atoms with Crippen molar-refractivity contribution in [2.75, 3.05) is 11.1 Å². The summed E-state index contributed by atoms with van der Waals surface area (Å²) >= 11 is 11.8.